The number of rotatable bonds is 11. The Hall–Kier alpha value is -3.12. The van der Waals surface area contributed by atoms with Gasteiger partial charge in [0.2, 0.25) is 5.88 Å². The molecule has 6 heteroatoms. The van der Waals surface area contributed by atoms with E-state index in [2.05, 4.69) is 17.0 Å². The number of aliphatic hydroxyl groups excluding tert-OH is 1. The Bertz CT molecular complexity index is 1250. The molecule has 1 aliphatic rings. The summed E-state index contributed by atoms with van der Waals surface area (Å²) in [5.74, 6) is 2.14. The molecule has 1 aliphatic carbocycles. The zero-order chi connectivity index (χ0) is 24.9. The summed E-state index contributed by atoms with van der Waals surface area (Å²) >= 11 is 6.14. The van der Waals surface area contributed by atoms with Crippen LogP contribution >= 0.6 is 11.6 Å². The number of aryl methyl sites for hydroxylation is 1. The number of benzene rings is 3. The molecule has 0 bridgehead atoms. The summed E-state index contributed by atoms with van der Waals surface area (Å²) in [5, 5.41) is 16.5. The first-order valence-corrected chi connectivity index (χ1v) is 12.9. The molecule has 0 unspecified atom stereocenters. The number of aliphatic hydroxyl groups is 1. The minimum atomic E-state index is -0.448. The highest BCUT2D eigenvalue weighted by Crippen LogP contribution is 2.34. The van der Waals surface area contributed by atoms with Crippen LogP contribution in [0, 0.1) is 12.8 Å². The van der Waals surface area contributed by atoms with E-state index >= 15 is 0 Å². The summed E-state index contributed by atoms with van der Waals surface area (Å²) in [4.78, 5) is 2.36. The number of ether oxygens (including phenoxy) is 1. The molecule has 3 aromatic carbocycles. The summed E-state index contributed by atoms with van der Waals surface area (Å²) in [6, 6.07) is 27.6. The number of halogens is 1. The molecule has 186 valence electrons. The van der Waals surface area contributed by atoms with E-state index in [1.165, 1.54) is 12.8 Å². The summed E-state index contributed by atoms with van der Waals surface area (Å²) in [6.07, 6.45) is 2.69. The van der Waals surface area contributed by atoms with Gasteiger partial charge in [-0.2, -0.15) is 5.10 Å². The van der Waals surface area contributed by atoms with Gasteiger partial charge >= 0.3 is 0 Å². The quantitative estimate of drug-likeness (QED) is 0.257. The molecule has 1 fully saturated rings. The van der Waals surface area contributed by atoms with Crippen molar-refractivity contribution in [2.75, 3.05) is 13.1 Å². The predicted octanol–water partition coefficient (Wildman–Crippen LogP) is 6.44. The second kappa shape index (κ2) is 11.3. The third kappa shape index (κ3) is 6.35. The molecule has 0 amide bonds. The van der Waals surface area contributed by atoms with E-state index in [0.29, 0.717) is 36.3 Å². The Labute approximate surface area is 217 Å². The number of nitrogens with zero attached hydrogens (tertiary/aromatic N) is 3. The fraction of sp³-hybridized carbons (Fsp3) is 0.300. The zero-order valence-electron chi connectivity index (χ0n) is 20.6. The highest BCUT2D eigenvalue weighted by Gasteiger charge is 2.28. The van der Waals surface area contributed by atoms with E-state index in [-0.39, 0.29) is 0 Å². The van der Waals surface area contributed by atoms with Crippen LogP contribution in [0.2, 0.25) is 5.02 Å². The average Bonchev–Trinajstić information content (AvgIpc) is 3.65. The van der Waals surface area contributed by atoms with Gasteiger partial charge in [0.05, 0.1) is 23.0 Å². The molecule has 1 aromatic heterocycles. The molecule has 0 aliphatic heterocycles. The van der Waals surface area contributed by atoms with Gasteiger partial charge in [-0.3, -0.25) is 4.90 Å². The molecule has 36 heavy (non-hydrogen) atoms. The van der Waals surface area contributed by atoms with E-state index in [4.69, 9.17) is 21.4 Å². The summed E-state index contributed by atoms with van der Waals surface area (Å²) in [5.41, 5.74) is 3.98. The van der Waals surface area contributed by atoms with Crippen LogP contribution in [0.1, 0.15) is 29.7 Å². The molecule has 5 rings (SSSR count). The van der Waals surface area contributed by atoms with Crippen LogP contribution in [-0.2, 0) is 13.0 Å². The standard InChI is InChI=1S/C30H32ClN3O2/c1-22-29(21-33(19-24-12-13-24)20-27(35)18-23-8-4-2-5-9-23)30(36-28-10-6-3-7-11-28)34(32-22)26-16-14-25(31)15-17-26/h2-11,14-17,24,27,35H,12-13,18-21H2,1H3/t27-/m1/s1. The van der Waals surface area contributed by atoms with E-state index < -0.39 is 6.10 Å². The lowest BCUT2D eigenvalue weighted by atomic mass is 10.1. The first-order valence-electron chi connectivity index (χ1n) is 12.6. The van der Waals surface area contributed by atoms with Gasteiger partial charge in [-0.05, 0) is 74.1 Å². The van der Waals surface area contributed by atoms with E-state index in [1.807, 2.05) is 84.4 Å². The maximum Gasteiger partial charge on any atom is 0.227 e. The van der Waals surface area contributed by atoms with Crippen LogP contribution in [0.15, 0.2) is 84.9 Å². The van der Waals surface area contributed by atoms with Gasteiger partial charge in [-0.25, -0.2) is 4.68 Å². The van der Waals surface area contributed by atoms with Crippen molar-refractivity contribution in [3.8, 4) is 17.3 Å². The lowest BCUT2D eigenvalue weighted by molar-refractivity contribution is 0.105. The van der Waals surface area contributed by atoms with Crippen molar-refractivity contribution in [1.82, 2.24) is 14.7 Å². The number of para-hydroxylation sites is 1. The van der Waals surface area contributed by atoms with Crippen molar-refractivity contribution in [3.63, 3.8) is 0 Å². The first-order chi connectivity index (χ1) is 17.5. The number of aromatic nitrogens is 2. The minimum absolute atomic E-state index is 0.448. The van der Waals surface area contributed by atoms with Gasteiger partial charge in [0.15, 0.2) is 0 Å². The molecule has 1 heterocycles. The van der Waals surface area contributed by atoms with Crippen molar-refractivity contribution in [3.05, 3.63) is 107 Å². The molecule has 0 saturated heterocycles. The lowest BCUT2D eigenvalue weighted by Crippen LogP contribution is -2.35. The van der Waals surface area contributed by atoms with Crippen LogP contribution in [0.4, 0.5) is 0 Å². The number of hydrogen-bond donors (Lipinski definition) is 1. The van der Waals surface area contributed by atoms with E-state index in [9.17, 15) is 5.11 Å². The Morgan fingerprint density at radius 1 is 1.00 bits per heavy atom. The van der Waals surface area contributed by atoms with Crippen molar-refractivity contribution in [2.24, 2.45) is 5.92 Å². The average molecular weight is 502 g/mol. The monoisotopic (exact) mass is 501 g/mol. The molecular weight excluding hydrogens is 470 g/mol. The second-order valence-electron chi connectivity index (χ2n) is 9.65. The molecule has 1 saturated carbocycles. The van der Waals surface area contributed by atoms with Crippen molar-refractivity contribution in [2.45, 2.75) is 38.8 Å². The Balaban J connectivity index is 1.43. The van der Waals surface area contributed by atoms with Crippen LogP contribution in [0.25, 0.3) is 5.69 Å². The Morgan fingerprint density at radius 2 is 1.67 bits per heavy atom. The highest BCUT2D eigenvalue weighted by atomic mass is 35.5. The van der Waals surface area contributed by atoms with Gasteiger partial charge in [0.1, 0.15) is 5.75 Å². The molecule has 1 N–H and O–H groups in total. The Kier molecular flexibility index (Phi) is 7.71. The molecular formula is C30H32ClN3O2. The summed E-state index contributed by atoms with van der Waals surface area (Å²) < 4.78 is 8.30. The zero-order valence-corrected chi connectivity index (χ0v) is 21.3. The van der Waals surface area contributed by atoms with Gasteiger partial charge < -0.3 is 9.84 Å². The van der Waals surface area contributed by atoms with Crippen LogP contribution in [0.5, 0.6) is 11.6 Å². The fourth-order valence-electron chi connectivity index (χ4n) is 4.52. The highest BCUT2D eigenvalue weighted by molar-refractivity contribution is 6.30. The molecule has 4 aromatic rings. The first kappa shape index (κ1) is 24.6. The van der Waals surface area contributed by atoms with E-state index in [0.717, 1.165) is 34.8 Å². The smallest absolute Gasteiger partial charge is 0.227 e. The van der Waals surface area contributed by atoms with Gasteiger partial charge in [0, 0.05) is 24.7 Å². The van der Waals surface area contributed by atoms with Crippen LogP contribution in [0.3, 0.4) is 0 Å². The van der Waals surface area contributed by atoms with Crippen molar-refractivity contribution >= 4 is 11.6 Å². The molecule has 0 radical (unpaired) electrons. The normalized spacial score (nSPS) is 14.2. The second-order valence-corrected chi connectivity index (χ2v) is 10.1. The maximum atomic E-state index is 11.0. The largest absolute Gasteiger partial charge is 0.439 e. The van der Waals surface area contributed by atoms with Crippen molar-refractivity contribution < 1.29 is 9.84 Å². The van der Waals surface area contributed by atoms with Crippen molar-refractivity contribution in [1.29, 1.82) is 0 Å². The SMILES string of the molecule is Cc1nn(-c2ccc(Cl)cc2)c(Oc2ccccc2)c1CN(CC1CC1)C[C@H](O)Cc1ccccc1. The molecule has 0 spiro atoms. The lowest BCUT2D eigenvalue weighted by Gasteiger charge is -2.25. The topological polar surface area (TPSA) is 50.5 Å². The van der Waals surface area contributed by atoms with Crippen LogP contribution in [-0.4, -0.2) is 39.0 Å². The fourth-order valence-corrected chi connectivity index (χ4v) is 4.65. The van der Waals surface area contributed by atoms with Gasteiger partial charge in [0.25, 0.3) is 0 Å². The molecule has 1 atom stereocenters. The third-order valence-corrected chi connectivity index (χ3v) is 6.80. The predicted molar refractivity (Wildman–Crippen MR) is 144 cm³/mol. The minimum Gasteiger partial charge on any atom is -0.439 e. The van der Waals surface area contributed by atoms with Gasteiger partial charge in [-0.15, -0.1) is 0 Å². The summed E-state index contributed by atoms with van der Waals surface area (Å²) in [7, 11) is 0. The third-order valence-electron chi connectivity index (χ3n) is 6.54. The molecule has 5 nitrogen and oxygen atoms in total. The van der Waals surface area contributed by atoms with Gasteiger partial charge in [-0.1, -0.05) is 60.1 Å². The van der Waals surface area contributed by atoms with Crippen LogP contribution < -0.4 is 4.74 Å². The van der Waals surface area contributed by atoms with E-state index in [1.54, 1.807) is 0 Å². The summed E-state index contributed by atoms with van der Waals surface area (Å²) in [6.45, 7) is 4.24. The Morgan fingerprint density at radius 3 is 2.33 bits per heavy atom. The number of hydrogen-bond acceptors (Lipinski definition) is 4. The maximum absolute atomic E-state index is 11.0.